The van der Waals surface area contributed by atoms with Crippen LogP contribution in [-0.2, 0) is 0 Å². The first-order valence-electron chi connectivity index (χ1n) is 9.48. The van der Waals surface area contributed by atoms with Crippen LogP contribution in [0.2, 0.25) is 0 Å². The van der Waals surface area contributed by atoms with E-state index in [1.165, 1.54) is 57.8 Å². The Hall–Kier alpha value is -0.0400. The lowest BCUT2D eigenvalue weighted by molar-refractivity contribution is -0.151. The summed E-state index contributed by atoms with van der Waals surface area (Å²) < 4.78 is 0. The van der Waals surface area contributed by atoms with Crippen LogP contribution in [-0.4, -0.2) is 13.1 Å². The van der Waals surface area contributed by atoms with Crippen LogP contribution in [0.25, 0.3) is 0 Å². The Kier molecular flexibility index (Phi) is 3.96. The van der Waals surface area contributed by atoms with E-state index in [0.717, 1.165) is 17.9 Å². The van der Waals surface area contributed by atoms with E-state index in [0.29, 0.717) is 16.2 Å². The summed E-state index contributed by atoms with van der Waals surface area (Å²) in [5, 5.41) is 3.69. The SMILES string of the molecule is CCCC(C)C(CC12CC3CC(C)(CC(C)(C3)C1)C2)NC. The maximum absolute atomic E-state index is 3.69. The van der Waals surface area contributed by atoms with Gasteiger partial charge in [0.15, 0.2) is 0 Å². The molecule has 0 aromatic rings. The molecule has 1 N–H and O–H groups in total. The maximum Gasteiger partial charge on any atom is 0.00949 e. The molecule has 4 bridgehead atoms. The quantitative estimate of drug-likeness (QED) is 0.691. The molecule has 4 unspecified atom stereocenters. The topological polar surface area (TPSA) is 12.0 Å². The van der Waals surface area contributed by atoms with E-state index in [-0.39, 0.29) is 0 Å². The lowest BCUT2D eigenvalue weighted by atomic mass is 9.39. The lowest BCUT2D eigenvalue weighted by Crippen LogP contribution is -2.56. The van der Waals surface area contributed by atoms with Crippen molar-refractivity contribution in [1.82, 2.24) is 5.32 Å². The van der Waals surface area contributed by atoms with Crippen LogP contribution in [0.3, 0.4) is 0 Å². The molecule has 0 heterocycles. The van der Waals surface area contributed by atoms with Crippen molar-refractivity contribution in [3.05, 3.63) is 0 Å². The van der Waals surface area contributed by atoms with Crippen LogP contribution in [0, 0.1) is 28.1 Å². The van der Waals surface area contributed by atoms with Gasteiger partial charge in [-0.15, -0.1) is 0 Å². The summed E-state index contributed by atoms with van der Waals surface area (Å²) in [5.74, 6) is 1.86. The summed E-state index contributed by atoms with van der Waals surface area (Å²) in [7, 11) is 2.20. The normalized spacial score (nSPS) is 47.6. The Labute approximate surface area is 132 Å². The maximum atomic E-state index is 3.69. The Morgan fingerprint density at radius 3 is 2.14 bits per heavy atom. The van der Waals surface area contributed by atoms with Crippen LogP contribution < -0.4 is 5.32 Å². The second kappa shape index (κ2) is 5.25. The van der Waals surface area contributed by atoms with Gasteiger partial charge in [-0.2, -0.15) is 0 Å². The highest BCUT2D eigenvalue weighted by Crippen LogP contribution is 2.70. The Balaban J connectivity index is 1.78. The Bertz CT molecular complexity index is 369. The van der Waals surface area contributed by atoms with Gasteiger partial charge in [0.1, 0.15) is 0 Å². The van der Waals surface area contributed by atoms with Gasteiger partial charge >= 0.3 is 0 Å². The fraction of sp³-hybridized carbons (Fsp3) is 1.00. The zero-order valence-corrected chi connectivity index (χ0v) is 15.1. The van der Waals surface area contributed by atoms with Gasteiger partial charge in [-0.05, 0) is 86.5 Å². The van der Waals surface area contributed by atoms with Gasteiger partial charge in [0.05, 0.1) is 0 Å². The van der Waals surface area contributed by atoms with E-state index < -0.39 is 0 Å². The molecule has 0 saturated heterocycles. The summed E-state index contributed by atoms with van der Waals surface area (Å²) in [5.41, 5.74) is 2.00. The molecule has 4 rings (SSSR count). The largest absolute Gasteiger partial charge is 0.317 e. The van der Waals surface area contributed by atoms with Crippen molar-refractivity contribution in [1.29, 1.82) is 0 Å². The molecule has 122 valence electrons. The number of hydrogen-bond acceptors (Lipinski definition) is 1. The van der Waals surface area contributed by atoms with Crippen LogP contribution >= 0.6 is 0 Å². The molecule has 4 aliphatic rings. The average molecular weight is 292 g/mol. The molecule has 0 aromatic heterocycles. The summed E-state index contributed by atoms with van der Waals surface area (Å²) >= 11 is 0. The number of hydrogen-bond donors (Lipinski definition) is 1. The van der Waals surface area contributed by atoms with Crippen molar-refractivity contribution < 1.29 is 0 Å². The third-order valence-corrected chi connectivity index (χ3v) is 7.20. The smallest absolute Gasteiger partial charge is 0.00949 e. The van der Waals surface area contributed by atoms with E-state index >= 15 is 0 Å². The van der Waals surface area contributed by atoms with Gasteiger partial charge in [-0.1, -0.05) is 34.1 Å². The van der Waals surface area contributed by atoms with Gasteiger partial charge in [0, 0.05) is 6.04 Å². The van der Waals surface area contributed by atoms with Crippen molar-refractivity contribution in [3.63, 3.8) is 0 Å². The molecule has 0 aromatic carbocycles. The molecule has 0 radical (unpaired) electrons. The fourth-order valence-corrected chi connectivity index (χ4v) is 7.62. The molecule has 0 aliphatic heterocycles. The fourth-order valence-electron chi connectivity index (χ4n) is 7.62. The number of nitrogens with one attached hydrogen (secondary N) is 1. The Morgan fingerprint density at radius 2 is 1.67 bits per heavy atom. The summed E-state index contributed by atoms with van der Waals surface area (Å²) in [4.78, 5) is 0. The average Bonchev–Trinajstić information content (AvgIpc) is 2.31. The molecule has 4 atom stereocenters. The van der Waals surface area contributed by atoms with Crippen molar-refractivity contribution in [2.45, 2.75) is 91.5 Å². The first-order valence-corrected chi connectivity index (χ1v) is 9.48. The van der Waals surface area contributed by atoms with Gasteiger partial charge in [-0.3, -0.25) is 0 Å². The molecular formula is C20H37N. The minimum Gasteiger partial charge on any atom is -0.317 e. The van der Waals surface area contributed by atoms with Gasteiger partial charge in [0.25, 0.3) is 0 Å². The second-order valence-corrected chi connectivity index (χ2v) is 10.00. The van der Waals surface area contributed by atoms with Crippen molar-refractivity contribution >= 4 is 0 Å². The van der Waals surface area contributed by atoms with E-state index in [4.69, 9.17) is 0 Å². The van der Waals surface area contributed by atoms with Crippen LogP contribution in [0.1, 0.15) is 85.5 Å². The highest BCUT2D eigenvalue weighted by Gasteiger charge is 2.60. The zero-order chi connectivity index (χ0) is 15.3. The minimum absolute atomic E-state index is 0.665. The van der Waals surface area contributed by atoms with E-state index in [1.807, 2.05) is 0 Å². The third-order valence-electron chi connectivity index (χ3n) is 7.20. The van der Waals surface area contributed by atoms with E-state index in [2.05, 4.69) is 40.1 Å². The van der Waals surface area contributed by atoms with Gasteiger partial charge in [-0.25, -0.2) is 0 Å². The zero-order valence-electron chi connectivity index (χ0n) is 15.1. The number of rotatable bonds is 6. The molecule has 0 spiro atoms. The monoisotopic (exact) mass is 291 g/mol. The summed E-state index contributed by atoms with van der Waals surface area (Å²) in [6.45, 7) is 10.0. The standard InChI is InChI=1S/C20H37N/c1-6-7-15(2)17(21-5)11-20-10-16-8-18(3,13-20)12-19(4,9-16)14-20/h15-17,21H,6-14H2,1-5H3. The highest BCUT2D eigenvalue weighted by molar-refractivity contribution is 5.11. The van der Waals surface area contributed by atoms with Crippen LogP contribution in [0.4, 0.5) is 0 Å². The van der Waals surface area contributed by atoms with Gasteiger partial charge in [0.2, 0.25) is 0 Å². The first kappa shape index (κ1) is 15.8. The van der Waals surface area contributed by atoms with E-state index in [9.17, 15) is 0 Å². The van der Waals surface area contributed by atoms with Crippen molar-refractivity contribution in [2.75, 3.05) is 7.05 Å². The first-order chi connectivity index (χ1) is 9.81. The lowest BCUT2D eigenvalue weighted by Gasteiger charge is -2.66. The minimum atomic E-state index is 0.665. The molecule has 4 saturated carbocycles. The molecule has 21 heavy (non-hydrogen) atoms. The van der Waals surface area contributed by atoms with Crippen LogP contribution in [0.15, 0.2) is 0 Å². The second-order valence-electron chi connectivity index (χ2n) is 10.00. The third kappa shape index (κ3) is 2.92. The van der Waals surface area contributed by atoms with Crippen molar-refractivity contribution in [2.24, 2.45) is 28.1 Å². The molecular weight excluding hydrogens is 254 g/mol. The summed E-state index contributed by atoms with van der Waals surface area (Å²) in [6.07, 6.45) is 13.3. The molecule has 4 fully saturated rings. The molecule has 0 amide bonds. The Morgan fingerprint density at radius 1 is 1.05 bits per heavy atom. The molecule has 4 aliphatic carbocycles. The predicted molar refractivity (Wildman–Crippen MR) is 91.4 cm³/mol. The van der Waals surface area contributed by atoms with Gasteiger partial charge < -0.3 is 5.32 Å². The van der Waals surface area contributed by atoms with E-state index in [1.54, 1.807) is 0 Å². The predicted octanol–water partition coefficient (Wildman–Crippen LogP) is 5.40. The summed E-state index contributed by atoms with van der Waals surface area (Å²) in [6, 6.07) is 0.730. The van der Waals surface area contributed by atoms with Crippen LogP contribution in [0.5, 0.6) is 0 Å². The van der Waals surface area contributed by atoms with Crippen molar-refractivity contribution in [3.8, 4) is 0 Å². The highest BCUT2D eigenvalue weighted by atomic mass is 14.9. The molecule has 1 heteroatoms. The molecule has 1 nitrogen and oxygen atoms in total.